The summed E-state index contributed by atoms with van der Waals surface area (Å²) in [6.07, 6.45) is 13.1. The van der Waals surface area contributed by atoms with Gasteiger partial charge in [0, 0.05) is 18.1 Å². The van der Waals surface area contributed by atoms with E-state index >= 15 is 0 Å². The van der Waals surface area contributed by atoms with E-state index in [1.165, 1.54) is 57.8 Å². The van der Waals surface area contributed by atoms with Gasteiger partial charge in [-0.15, -0.1) is 0 Å². The highest BCUT2D eigenvalue weighted by molar-refractivity contribution is 5.09. The smallest absolute Gasteiger partial charge is 0.0661 e. The van der Waals surface area contributed by atoms with E-state index in [0.29, 0.717) is 11.5 Å². The van der Waals surface area contributed by atoms with Gasteiger partial charge in [-0.05, 0) is 45.1 Å². The van der Waals surface area contributed by atoms with Crippen LogP contribution in [0.25, 0.3) is 0 Å². The molecule has 0 amide bonds. The standard InChI is InChI=1S/C15H27NO/c1-16-13-10-14(15(13)8-4-5-9-15)17-11-12-6-2-3-7-12/h12-14,16H,2-11H2,1H3. The second kappa shape index (κ2) is 4.89. The van der Waals surface area contributed by atoms with Crippen LogP contribution in [0.5, 0.6) is 0 Å². The monoisotopic (exact) mass is 237 g/mol. The Morgan fingerprint density at radius 3 is 2.47 bits per heavy atom. The van der Waals surface area contributed by atoms with Gasteiger partial charge in [-0.25, -0.2) is 0 Å². The molecule has 1 N–H and O–H groups in total. The van der Waals surface area contributed by atoms with Gasteiger partial charge in [0.15, 0.2) is 0 Å². The first kappa shape index (κ1) is 12.0. The molecule has 0 aromatic carbocycles. The van der Waals surface area contributed by atoms with Crippen LogP contribution < -0.4 is 5.32 Å². The molecule has 0 aromatic heterocycles. The maximum atomic E-state index is 6.29. The number of nitrogens with one attached hydrogen (secondary N) is 1. The van der Waals surface area contributed by atoms with Gasteiger partial charge < -0.3 is 10.1 Å². The van der Waals surface area contributed by atoms with Gasteiger partial charge in [-0.3, -0.25) is 0 Å². The van der Waals surface area contributed by atoms with Crippen molar-refractivity contribution < 1.29 is 4.74 Å². The van der Waals surface area contributed by atoms with Gasteiger partial charge in [0.25, 0.3) is 0 Å². The van der Waals surface area contributed by atoms with Crippen LogP contribution in [0, 0.1) is 11.3 Å². The maximum Gasteiger partial charge on any atom is 0.0661 e. The number of hydrogen-bond donors (Lipinski definition) is 1. The van der Waals surface area contributed by atoms with Gasteiger partial charge in [0.2, 0.25) is 0 Å². The summed E-state index contributed by atoms with van der Waals surface area (Å²) in [6.45, 7) is 1.04. The lowest BCUT2D eigenvalue weighted by atomic mass is 9.60. The molecule has 98 valence electrons. The lowest BCUT2D eigenvalue weighted by molar-refractivity contribution is -0.138. The van der Waals surface area contributed by atoms with E-state index in [-0.39, 0.29) is 0 Å². The summed E-state index contributed by atoms with van der Waals surface area (Å²) in [7, 11) is 2.12. The van der Waals surface area contributed by atoms with Crippen LogP contribution in [0.4, 0.5) is 0 Å². The topological polar surface area (TPSA) is 21.3 Å². The lowest BCUT2D eigenvalue weighted by Gasteiger charge is -2.54. The van der Waals surface area contributed by atoms with E-state index in [2.05, 4.69) is 12.4 Å². The number of rotatable bonds is 4. The predicted molar refractivity (Wildman–Crippen MR) is 70.1 cm³/mol. The molecule has 0 aliphatic heterocycles. The molecule has 1 spiro atoms. The van der Waals surface area contributed by atoms with Crippen molar-refractivity contribution in [3.63, 3.8) is 0 Å². The molecule has 17 heavy (non-hydrogen) atoms. The fourth-order valence-electron chi connectivity index (χ4n) is 4.52. The first-order valence-electron chi connectivity index (χ1n) is 7.64. The van der Waals surface area contributed by atoms with E-state index in [0.717, 1.165) is 18.6 Å². The average molecular weight is 237 g/mol. The van der Waals surface area contributed by atoms with E-state index in [1.807, 2.05) is 0 Å². The summed E-state index contributed by atoms with van der Waals surface area (Å²) in [5.74, 6) is 0.877. The first-order chi connectivity index (χ1) is 8.35. The second-order valence-corrected chi connectivity index (χ2v) is 6.49. The molecule has 3 aliphatic carbocycles. The summed E-state index contributed by atoms with van der Waals surface area (Å²) in [6, 6.07) is 0.735. The Morgan fingerprint density at radius 1 is 1.12 bits per heavy atom. The van der Waals surface area contributed by atoms with Crippen LogP contribution in [0.1, 0.15) is 57.8 Å². The first-order valence-corrected chi connectivity index (χ1v) is 7.64. The molecule has 0 bridgehead atoms. The molecule has 0 saturated heterocycles. The van der Waals surface area contributed by atoms with Crippen LogP contribution in [-0.4, -0.2) is 25.8 Å². The summed E-state index contributed by atoms with van der Waals surface area (Å²) in [5, 5.41) is 3.51. The molecule has 0 heterocycles. The van der Waals surface area contributed by atoms with E-state index in [1.54, 1.807) is 0 Å². The van der Waals surface area contributed by atoms with Crippen molar-refractivity contribution in [3.8, 4) is 0 Å². The number of hydrogen-bond acceptors (Lipinski definition) is 2. The van der Waals surface area contributed by atoms with Crippen LogP contribution >= 0.6 is 0 Å². The Bertz CT molecular complexity index is 254. The molecule has 2 nitrogen and oxygen atoms in total. The minimum atomic E-state index is 0.521. The molecule has 3 fully saturated rings. The van der Waals surface area contributed by atoms with Crippen molar-refractivity contribution in [3.05, 3.63) is 0 Å². The highest BCUT2D eigenvalue weighted by atomic mass is 16.5. The third kappa shape index (κ3) is 2.04. The van der Waals surface area contributed by atoms with Crippen molar-refractivity contribution in [2.24, 2.45) is 11.3 Å². The summed E-state index contributed by atoms with van der Waals surface area (Å²) in [4.78, 5) is 0. The Morgan fingerprint density at radius 2 is 1.82 bits per heavy atom. The zero-order valence-electron chi connectivity index (χ0n) is 11.2. The molecule has 2 unspecified atom stereocenters. The van der Waals surface area contributed by atoms with Crippen molar-refractivity contribution in [2.75, 3.05) is 13.7 Å². The molecule has 2 atom stereocenters. The third-order valence-corrected chi connectivity index (χ3v) is 5.68. The molecule has 0 radical (unpaired) electrons. The van der Waals surface area contributed by atoms with Crippen LogP contribution in [-0.2, 0) is 4.74 Å². The maximum absolute atomic E-state index is 6.29. The lowest BCUT2D eigenvalue weighted by Crippen LogP contribution is -2.62. The molecule has 3 saturated carbocycles. The second-order valence-electron chi connectivity index (χ2n) is 6.49. The van der Waals surface area contributed by atoms with Gasteiger partial charge in [0.05, 0.1) is 6.10 Å². The van der Waals surface area contributed by atoms with Crippen molar-refractivity contribution in [1.29, 1.82) is 0 Å². The average Bonchev–Trinajstić information content (AvgIpc) is 3.00. The van der Waals surface area contributed by atoms with Crippen molar-refractivity contribution >= 4 is 0 Å². The molecule has 2 heteroatoms. The largest absolute Gasteiger partial charge is 0.377 e. The molecular weight excluding hydrogens is 210 g/mol. The Labute approximate surface area is 105 Å². The number of ether oxygens (including phenoxy) is 1. The van der Waals surface area contributed by atoms with Crippen molar-refractivity contribution in [2.45, 2.75) is 69.9 Å². The fourth-order valence-corrected chi connectivity index (χ4v) is 4.52. The van der Waals surface area contributed by atoms with Crippen LogP contribution in [0.15, 0.2) is 0 Å². The molecule has 3 aliphatic rings. The Kier molecular flexibility index (Phi) is 3.45. The van der Waals surface area contributed by atoms with Crippen LogP contribution in [0.2, 0.25) is 0 Å². The van der Waals surface area contributed by atoms with Crippen LogP contribution in [0.3, 0.4) is 0 Å². The highest BCUT2D eigenvalue weighted by Crippen LogP contribution is 2.54. The SMILES string of the molecule is CNC1CC(OCC2CCCC2)C12CCCC2. The van der Waals surface area contributed by atoms with Gasteiger partial charge in [-0.2, -0.15) is 0 Å². The summed E-state index contributed by atoms with van der Waals surface area (Å²) >= 11 is 0. The van der Waals surface area contributed by atoms with Gasteiger partial charge >= 0.3 is 0 Å². The van der Waals surface area contributed by atoms with E-state index in [4.69, 9.17) is 4.74 Å². The zero-order valence-corrected chi connectivity index (χ0v) is 11.2. The summed E-state index contributed by atoms with van der Waals surface area (Å²) in [5.41, 5.74) is 0.521. The third-order valence-electron chi connectivity index (χ3n) is 5.68. The van der Waals surface area contributed by atoms with Gasteiger partial charge in [-0.1, -0.05) is 25.7 Å². The zero-order chi connectivity index (χ0) is 11.7. The van der Waals surface area contributed by atoms with Crippen molar-refractivity contribution in [1.82, 2.24) is 5.32 Å². The minimum absolute atomic E-state index is 0.521. The van der Waals surface area contributed by atoms with E-state index in [9.17, 15) is 0 Å². The Balaban J connectivity index is 1.53. The molecule has 0 aromatic rings. The van der Waals surface area contributed by atoms with E-state index < -0.39 is 0 Å². The highest BCUT2D eigenvalue weighted by Gasteiger charge is 2.56. The molecule has 3 rings (SSSR count). The Hall–Kier alpha value is -0.0800. The predicted octanol–water partition coefficient (Wildman–Crippen LogP) is 3.11. The van der Waals surface area contributed by atoms with Gasteiger partial charge in [0.1, 0.15) is 0 Å². The normalized spacial score (nSPS) is 36.5. The summed E-state index contributed by atoms with van der Waals surface area (Å²) < 4.78 is 6.29. The quantitative estimate of drug-likeness (QED) is 0.811. The molecular formula is C15H27NO. The fraction of sp³-hybridized carbons (Fsp3) is 1.00. The minimum Gasteiger partial charge on any atom is -0.377 e.